The standard InChI is InChI=1S/C32H37N3O2/c36-31(33-30-11-5-9-24-7-3-4-10-29(24)30)25-14-18-34(19-15-25)28-16-20-35(21-17-28)32(37)27-13-12-23-6-1-2-8-26(23)22-27/h1-4,6-8,10,12-13,22,25,28,30H,5,9,11,14-21H2,(H,33,36)/t30-/m0/s1. The molecule has 0 bridgehead atoms. The van der Waals surface area contributed by atoms with Gasteiger partial charge in [-0.3, -0.25) is 9.59 Å². The van der Waals surface area contributed by atoms with Gasteiger partial charge in [-0.05, 0) is 92.1 Å². The van der Waals surface area contributed by atoms with Crippen molar-refractivity contribution in [2.24, 2.45) is 5.92 Å². The number of fused-ring (bicyclic) bond motifs is 2. The lowest BCUT2D eigenvalue weighted by atomic mass is 9.86. The lowest BCUT2D eigenvalue weighted by molar-refractivity contribution is -0.127. The Hall–Kier alpha value is -3.18. The summed E-state index contributed by atoms with van der Waals surface area (Å²) in [7, 11) is 0. The van der Waals surface area contributed by atoms with E-state index in [2.05, 4.69) is 46.6 Å². The molecular formula is C32H37N3O2. The molecular weight excluding hydrogens is 458 g/mol. The van der Waals surface area contributed by atoms with Crippen molar-refractivity contribution < 1.29 is 9.59 Å². The van der Waals surface area contributed by atoms with Crippen molar-refractivity contribution in [1.82, 2.24) is 15.1 Å². The van der Waals surface area contributed by atoms with E-state index < -0.39 is 0 Å². The first-order chi connectivity index (χ1) is 18.2. The maximum Gasteiger partial charge on any atom is 0.253 e. The second kappa shape index (κ2) is 10.7. The average Bonchev–Trinajstić information content (AvgIpc) is 2.97. The Bertz CT molecular complexity index is 1270. The predicted octanol–water partition coefficient (Wildman–Crippen LogP) is 5.35. The highest BCUT2D eigenvalue weighted by Crippen LogP contribution is 2.31. The van der Waals surface area contributed by atoms with Gasteiger partial charge in [-0.25, -0.2) is 0 Å². The highest BCUT2D eigenvalue weighted by Gasteiger charge is 2.33. The summed E-state index contributed by atoms with van der Waals surface area (Å²) in [5.41, 5.74) is 3.48. The van der Waals surface area contributed by atoms with Crippen LogP contribution >= 0.6 is 0 Å². The van der Waals surface area contributed by atoms with E-state index in [4.69, 9.17) is 0 Å². The number of hydrogen-bond acceptors (Lipinski definition) is 3. The van der Waals surface area contributed by atoms with Gasteiger partial charge in [0.25, 0.3) is 5.91 Å². The fraction of sp³-hybridized carbons (Fsp3) is 0.438. The molecule has 0 radical (unpaired) electrons. The van der Waals surface area contributed by atoms with Gasteiger partial charge in [0.05, 0.1) is 6.04 Å². The highest BCUT2D eigenvalue weighted by molar-refractivity contribution is 5.98. The van der Waals surface area contributed by atoms with Crippen LogP contribution in [0.4, 0.5) is 0 Å². The van der Waals surface area contributed by atoms with Crippen LogP contribution in [0.2, 0.25) is 0 Å². The van der Waals surface area contributed by atoms with Gasteiger partial charge in [-0.2, -0.15) is 0 Å². The number of benzene rings is 3. The summed E-state index contributed by atoms with van der Waals surface area (Å²) in [6.45, 7) is 3.56. The van der Waals surface area contributed by atoms with E-state index >= 15 is 0 Å². The summed E-state index contributed by atoms with van der Waals surface area (Å²) in [6, 6.07) is 23.5. The minimum atomic E-state index is 0.111. The average molecular weight is 496 g/mol. The molecule has 192 valence electrons. The third kappa shape index (κ3) is 5.15. The highest BCUT2D eigenvalue weighted by atomic mass is 16.2. The van der Waals surface area contributed by atoms with Crippen molar-refractivity contribution in [3.8, 4) is 0 Å². The number of rotatable bonds is 4. The van der Waals surface area contributed by atoms with Crippen molar-refractivity contribution in [3.63, 3.8) is 0 Å². The van der Waals surface area contributed by atoms with Crippen molar-refractivity contribution in [1.29, 1.82) is 0 Å². The Labute approximate surface area is 219 Å². The Morgan fingerprint density at radius 3 is 2.30 bits per heavy atom. The van der Waals surface area contributed by atoms with E-state index in [1.165, 1.54) is 16.5 Å². The molecule has 2 saturated heterocycles. The number of hydrogen-bond donors (Lipinski definition) is 1. The number of nitrogens with zero attached hydrogens (tertiary/aromatic N) is 2. The van der Waals surface area contributed by atoms with Crippen LogP contribution in [0.5, 0.6) is 0 Å². The minimum absolute atomic E-state index is 0.111. The van der Waals surface area contributed by atoms with Crippen molar-refractivity contribution in [2.45, 2.75) is 57.0 Å². The number of carbonyl (C=O) groups excluding carboxylic acids is 2. The van der Waals surface area contributed by atoms with Gasteiger partial charge in [-0.1, -0.05) is 54.6 Å². The van der Waals surface area contributed by atoms with Gasteiger partial charge < -0.3 is 15.1 Å². The van der Waals surface area contributed by atoms with Crippen LogP contribution in [0.3, 0.4) is 0 Å². The van der Waals surface area contributed by atoms with E-state index in [0.717, 1.165) is 82.1 Å². The molecule has 6 rings (SSSR count). The van der Waals surface area contributed by atoms with Crippen molar-refractivity contribution in [3.05, 3.63) is 83.4 Å². The molecule has 37 heavy (non-hydrogen) atoms. The molecule has 2 aliphatic heterocycles. The van der Waals surface area contributed by atoms with E-state index in [1.807, 2.05) is 35.2 Å². The maximum atomic E-state index is 13.2. The SMILES string of the molecule is O=C(N[C@H]1CCCc2ccccc21)C1CCN(C2CCN(C(=O)c3ccc4ccccc4c3)CC2)CC1. The topological polar surface area (TPSA) is 52.7 Å². The van der Waals surface area contributed by atoms with E-state index in [9.17, 15) is 9.59 Å². The summed E-state index contributed by atoms with van der Waals surface area (Å²) < 4.78 is 0. The zero-order valence-corrected chi connectivity index (χ0v) is 21.6. The summed E-state index contributed by atoms with van der Waals surface area (Å²) in [5.74, 6) is 0.487. The predicted molar refractivity (Wildman–Crippen MR) is 147 cm³/mol. The molecule has 0 spiro atoms. The van der Waals surface area contributed by atoms with E-state index in [1.54, 1.807) is 0 Å². The van der Waals surface area contributed by atoms with Crippen LogP contribution in [0.15, 0.2) is 66.7 Å². The van der Waals surface area contributed by atoms with Crippen LogP contribution in [0.1, 0.15) is 66.1 Å². The molecule has 2 amide bonds. The second-order valence-corrected chi connectivity index (χ2v) is 11.0. The monoisotopic (exact) mass is 495 g/mol. The molecule has 1 N–H and O–H groups in total. The number of piperidine rings is 2. The third-order valence-electron chi connectivity index (χ3n) is 8.85. The van der Waals surface area contributed by atoms with Gasteiger partial charge in [-0.15, -0.1) is 0 Å². The molecule has 0 aromatic heterocycles. The summed E-state index contributed by atoms with van der Waals surface area (Å²) in [6.07, 6.45) is 7.17. The molecule has 0 saturated carbocycles. The molecule has 5 heteroatoms. The van der Waals surface area contributed by atoms with Gasteiger partial charge in [0, 0.05) is 30.6 Å². The first-order valence-electron chi connectivity index (χ1n) is 14.1. The van der Waals surface area contributed by atoms with Crippen LogP contribution in [0.25, 0.3) is 10.8 Å². The van der Waals surface area contributed by atoms with Gasteiger partial charge in [0.15, 0.2) is 0 Å². The third-order valence-corrected chi connectivity index (χ3v) is 8.85. The lowest BCUT2D eigenvalue weighted by Crippen LogP contribution is -2.50. The molecule has 0 unspecified atom stereocenters. The lowest BCUT2D eigenvalue weighted by Gasteiger charge is -2.41. The number of nitrogens with one attached hydrogen (secondary N) is 1. The molecule has 1 atom stereocenters. The van der Waals surface area contributed by atoms with Crippen LogP contribution < -0.4 is 5.32 Å². The smallest absolute Gasteiger partial charge is 0.253 e. The Morgan fingerprint density at radius 1 is 0.757 bits per heavy atom. The summed E-state index contributed by atoms with van der Waals surface area (Å²) in [5, 5.41) is 5.66. The molecule has 3 aromatic carbocycles. The van der Waals surface area contributed by atoms with Crippen LogP contribution in [-0.4, -0.2) is 53.8 Å². The molecule has 1 aliphatic carbocycles. The van der Waals surface area contributed by atoms with Gasteiger partial charge in [0.1, 0.15) is 0 Å². The van der Waals surface area contributed by atoms with E-state index in [-0.39, 0.29) is 23.8 Å². The first kappa shape index (κ1) is 24.2. The fourth-order valence-electron chi connectivity index (χ4n) is 6.66. The Morgan fingerprint density at radius 2 is 1.49 bits per heavy atom. The molecule has 5 nitrogen and oxygen atoms in total. The van der Waals surface area contributed by atoms with Crippen molar-refractivity contribution >= 4 is 22.6 Å². The largest absolute Gasteiger partial charge is 0.349 e. The molecule has 3 aromatic rings. The quantitative estimate of drug-likeness (QED) is 0.531. The maximum absolute atomic E-state index is 13.2. The van der Waals surface area contributed by atoms with Crippen LogP contribution in [-0.2, 0) is 11.2 Å². The molecule has 2 heterocycles. The summed E-state index contributed by atoms with van der Waals surface area (Å²) >= 11 is 0. The number of amides is 2. The summed E-state index contributed by atoms with van der Waals surface area (Å²) in [4.78, 5) is 30.9. The Balaban J connectivity index is 0.986. The number of likely N-dealkylation sites (tertiary alicyclic amines) is 2. The fourth-order valence-corrected chi connectivity index (χ4v) is 6.66. The normalized spacial score (nSPS) is 21.5. The zero-order chi connectivity index (χ0) is 25.2. The zero-order valence-electron chi connectivity index (χ0n) is 21.6. The molecule has 2 fully saturated rings. The molecule has 3 aliphatic rings. The first-order valence-corrected chi connectivity index (χ1v) is 14.1. The van der Waals surface area contributed by atoms with Gasteiger partial charge in [0.2, 0.25) is 5.91 Å². The van der Waals surface area contributed by atoms with E-state index in [0.29, 0.717) is 6.04 Å². The second-order valence-electron chi connectivity index (χ2n) is 11.0. The minimum Gasteiger partial charge on any atom is -0.349 e. The van der Waals surface area contributed by atoms with Crippen molar-refractivity contribution in [2.75, 3.05) is 26.2 Å². The van der Waals surface area contributed by atoms with Crippen LogP contribution in [0, 0.1) is 5.92 Å². The Kier molecular flexibility index (Phi) is 6.97. The number of aryl methyl sites for hydroxylation is 1. The van der Waals surface area contributed by atoms with Gasteiger partial charge >= 0.3 is 0 Å². The number of carbonyl (C=O) groups is 2.